The smallest absolute Gasteiger partial charge is 0.241 e. The first-order valence-corrected chi connectivity index (χ1v) is 7.75. The number of rotatable bonds is 5. The predicted octanol–water partition coefficient (Wildman–Crippen LogP) is 3.81. The second kappa shape index (κ2) is 7.91. The molecule has 2 aromatic rings. The molecule has 0 bridgehead atoms. The Labute approximate surface area is 145 Å². The molecule has 0 aliphatic carbocycles. The van der Waals surface area contributed by atoms with E-state index in [1.807, 2.05) is 6.07 Å². The summed E-state index contributed by atoms with van der Waals surface area (Å²) in [5, 5.41) is 12.1. The van der Waals surface area contributed by atoms with Gasteiger partial charge in [0.15, 0.2) is 0 Å². The summed E-state index contributed by atoms with van der Waals surface area (Å²) in [4.78, 5) is 14.1. The Morgan fingerprint density at radius 1 is 1.33 bits per heavy atom. The van der Waals surface area contributed by atoms with Gasteiger partial charge in [-0.1, -0.05) is 29.8 Å². The second-order valence-electron chi connectivity index (χ2n) is 5.44. The summed E-state index contributed by atoms with van der Waals surface area (Å²) in [5.74, 6) is -0.690. The minimum Gasteiger partial charge on any atom is -0.324 e. The molecule has 1 amide bonds. The van der Waals surface area contributed by atoms with Gasteiger partial charge in [0.25, 0.3) is 0 Å². The number of benzene rings is 2. The number of carbonyl (C=O) groups excluding carboxylic acids is 1. The molecule has 1 atom stereocenters. The van der Waals surface area contributed by atoms with Gasteiger partial charge < -0.3 is 5.32 Å². The highest BCUT2D eigenvalue weighted by atomic mass is 35.5. The Morgan fingerprint density at radius 3 is 2.71 bits per heavy atom. The number of nitrogens with one attached hydrogen (secondary N) is 1. The Balaban J connectivity index is 2.09. The van der Waals surface area contributed by atoms with E-state index < -0.39 is 11.9 Å². The van der Waals surface area contributed by atoms with Crippen LogP contribution in [0.4, 0.5) is 10.1 Å². The molecule has 1 N–H and O–H groups in total. The normalized spacial score (nSPS) is 11.8. The number of hydrogen-bond acceptors (Lipinski definition) is 3. The third-order valence-corrected chi connectivity index (χ3v) is 4.17. The average molecular weight is 346 g/mol. The summed E-state index contributed by atoms with van der Waals surface area (Å²) in [5.41, 5.74) is 1.19. The molecule has 6 heteroatoms. The molecular formula is C18H17ClFN3O. The number of hydrogen-bond donors (Lipinski definition) is 1. The maximum Gasteiger partial charge on any atom is 0.241 e. The molecule has 0 aliphatic rings. The van der Waals surface area contributed by atoms with E-state index in [-0.39, 0.29) is 12.5 Å². The van der Waals surface area contributed by atoms with E-state index >= 15 is 0 Å². The first kappa shape index (κ1) is 17.9. The summed E-state index contributed by atoms with van der Waals surface area (Å²) >= 11 is 6.02. The van der Waals surface area contributed by atoms with E-state index in [9.17, 15) is 9.18 Å². The van der Waals surface area contributed by atoms with Crippen molar-refractivity contribution < 1.29 is 9.18 Å². The molecule has 0 heterocycles. The minimum absolute atomic E-state index is 0.194. The summed E-state index contributed by atoms with van der Waals surface area (Å²) in [7, 11) is 1.71. The van der Waals surface area contributed by atoms with Crippen molar-refractivity contribution in [1.29, 1.82) is 5.26 Å². The zero-order valence-corrected chi connectivity index (χ0v) is 14.1. The fourth-order valence-electron chi connectivity index (χ4n) is 2.20. The molecule has 0 fully saturated rings. The van der Waals surface area contributed by atoms with E-state index in [1.54, 1.807) is 49.2 Å². The maximum atomic E-state index is 13.9. The standard InChI is InChI=1S/C18H17ClFN3O/c1-12(18(24)22-17-9-4-3-6-13(17)10-21)23(2)11-14-15(19)7-5-8-16(14)20/h3-9,12H,11H2,1-2H3,(H,22,24)/t12-/m1/s1. The summed E-state index contributed by atoms with van der Waals surface area (Å²) < 4.78 is 13.9. The van der Waals surface area contributed by atoms with Crippen LogP contribution in [0.1, 0.15) is 18.1 Å². The van der Waals surface area contributed by atoms with Crippen molar-refractivity contribution in [2.75, 3.05) is 12.4 Å². The summed E-state index contributed by atoms with van der Waals surface area (Å²) in [6, 6.07) is 12.7. The van der Waals surface area contributed by atoms with Gasteiger partial charge in [0.05, 0.1) is 17.3 Å². The lowest BCUT2D eigenvalue weighted by molar-refractivity contribution is -0.120. The number of nitriles is 1. The molecule has 0 aromatic heterocycles. The Hall–Kier alpha value is -2.42. The van der Waals surface area contributed by atoms with Crippen molar-refractivity contribution in [3.8, 4) is 6.07 Å². The van der Waals surface area contributed by atoms with Crippen LogP contribution >= 0.6 is 11.6 Å². The lowest BCUT2D eigenvalue weighted by Gasteiger charge is -2.24. The van der Waals surface area contributed by atoms with Gasteiger partial charge in [-0.05, 0) is 38.2 Å². The van der Waals surface area contributed by atoms with Crippen LogP contribution in [0.2, 0.25) is 5.02 Å². The SMILES string of the molecule is C[C@H](C(=O)Nc1ccccc1C#N)N(C)Cc1c(F)cccc1Cl. The highest BCUT2D eigenvalue weighted by Gasteiger charge is 2.21. The second-order valence-corrected chi connectivity index (χ2v) is 5.85. The molecule has 0 spiro atoms. The van der Waals surface area contributed by atoms with Gasteiger partial charge in [-0.3, -0.25) is 9.69 Å². The van der Waals surface area contributed by atoms with Crippen molar-refractivity contribution in [2.24, 2.45) is 0 Å². The lowest BCUT2D eigenvalue weighted by atomic mass is 10.1. The van der Waals surface area contributed by atoms with Gasteiger partial charge in [0.1, 0.15) is 11.9 Å². The summed E-state index contributed by atoms with van der Waals surface area (Å²) in [6.45, 7) is 1.90. The first-order chi connectivity index (χ1) is 11.4. The number of halogens is 2. The van der Waals surface area contributed by atoms with E-state index in [0.29, 0.717) is 21.8 Å². The fraction of sp³-hybridized carbons (Fsp3) is 0.222. The third kappa shape index (κ3) is 4.10. The van der Waals surface area contributed by atoms with Gasteiger partial charge >= 0.3 is 0 Å². The average Bonchev–Trinajstić information content (AvgIpc) is 2.57. The minimum atomic E-state index is -0.535. The quantitative estimate of drug-likeness (QED) is 0.896. The molecule has 0 aliphatic heterocycles. The number of carbonyl (C=O) groups is 1. The predicted molar refractivity (Wildman–Crippen MR) is 92.1 cm³/mol. The fourth-order valence-corrected chi connectivity index (χ4v) is 2.42. The zero-order chi connectivity index (χ0) is 17.7. The topological polar surface area (TPSA) is 56.1 Å². The number of anilines is 1. The molecule has 24 heavy (non-hydrogen) atoms. The molecule has 0 saturated heterocycles. The number of nitrogens with zero attached hydrogens (tertiary/aromatic N) is 2. The molecule has 0 radical (unpaired) electrons. The molecule has 0 saturated carbocycles. The number of likely N-dealkylation sites (N-methyl/N-ethyl adjacent to an activating group) is 1. The largest absolute Gasteiger partial charge is 0.324 e. The maximum absolute atomic E-state index is 13.9. The van der Waals surface area contributed by atoms with Gasteiger partial charge in [0.2, 0.25) is 5.91 Å². The highest BCUT2D eigenvalue weighted by molar-refractivity contribution is 6.31. The van der Waals surface area contributed by atoms with Crippen molar-refractivity contribution in [2.45, 2.75) is 19.5 Å². The Morgan fingerprint density at radius 2 is 2.04 bits per heavy atom. The van der Waals surface area contributed by atoms with E-state index in [0.717, 1.165) is 0 Å². The third-order valence-electron chi connectivity index (χ3n) is 3.82. The first-order valence-electron chi connectivity index (χ1n) is 7.37. The summed E-state index contributed by atoms with van der Waals surface area (Å²) in [6.07, 6.45) is 0. The van der Waals surface area contributed by atoms with E-state index in [1.165, 1.54) is 12.1 Å². The van der Waals surface area contributed by atoms with Gasteiger partial charge in [0, 0.05) is 17.1 Å². The van der Waals surface area contributed by atoms with Gasteiger partial charge in [-0.15, -0.1) is 0 Å². The monoisotopic (exact) mass is 345 g/mol. The molecule has 2 rings (SSSR count). The van der Waals surface area contributed by atoms with Crippen molar-refractivity contribution in [3.05, 3.63) is 64.4 Å². The Kier molecular flexibility index (Phi) is 5.91. The van der Waals surface area contributed by atoms with Crippen LogP contribution in [-0.4, -0.2) is 23.9 Å². The van der Waals surface area contributed by atoms with E-state index in [2.05, 4.69) is 5.32 Å². The van der Waals surface area contributed by atoms with Crippen LogP contribution < -0.4 is 5.32 Å². The number of para-hydroxylation sites is 1. The highest BCUT2D eigenvalue weighted by Crippen LogP contribution is 2.21. The van der Waals surface area contributed by atoms with Crippen LogP contribution in [0.5, 0.6) is 0 Å². The molecule has 124 valence electrons. The number of amides is 1. The van der Waals surface area contributed by atoms with Gasteiger partial charge in [-0.25, -0.2) is 4.39 Å². The van der Waals surface area contributed by atoms with Crippen LogP contribution in [0, 0.1) is 17.1 Å². The molecular weight excluding hydrogens is 329 g/mol. The Bertz CT molecular complexity index is 768. The van der Waals surface area contributed by atoms with Crippen molar-refractivity contribution in [1.82, 2.24) is 4.90 Å². The molecule has 2 aromatic carbocycles. The van der Waals surface area contributed by atoms with E-state index in [4.69, 9.17) is 16.9 Å². The van der Waals surface area contributed by atoms with Crippen molar-refractivity contribution >= 4 is 23.2 Å². The van der Waals surface area contributed by atoms with Crippen molar-refractivity contribution in [3.63, 3.8) is 0 Å². The van der Waals surface area contributed by atoms with Crippen LogP contribution in [-0.2, 0) is 11.3 Å². The van der Waals surface area contributed by atoms with Crippen LogP contribution in [0.25, 0.3) is 0 Å². The lowest BCUT2D eigenvalue weighted by Crippen LogP contribution is -2.39. The van der Waals surface area contributed by atoms with Gasteiger partial charge in [-0.2, -0.15) is 5.26 Å². The van der Waals surface area contributed by atoms with Crippen LogP contribution in [0.15, 0.2) is 42.5 Å². The molecule has 4 nitrogen and oxygen atoms in total. The zero-order valence-electron chi connectivity index (χ0n) is 13.4. The van der Waals surface area contributed by atoms with Crippen LogP contribution in [0.3, 0.4) is 0 Å². The molecule has 0 unspecified atom stereocenters.